The first-order valence-electron chi connectivity index (χ1n) is 16.6. The molecule has 0 aliphatic carbocycles. The Labute approximate surface area is 285 Å². The van der Waals surface area contributed by atoms with Gasteiger partial charge in [-0.05, 0) is 80.1 Å². The third kappa shape index (κ3) is 7.37. The number of carbonyl (C=O) groups is 1. The minimum atomic E-state index is -1.05. The maximum atomic E-state index is 13.7. The van der Waals surface area contributed by atoms with Gasteiger partial charge in [0.25, 0.3) is 0 Å². The van der Waals surface area contributed by atoms with E-state index in [2.05, 4.69) is 19.2 Å². The number of halogens is 2. The first-order valence-corrected chi connectivity index (χ1v) is 17.0. The molecular formula is C37H44ClFN4O5. The normalized spacial score (nSPS) is 14.7. The number of ether oxygens (including phenoxy) is 2. The summed E-state index contributed by atoms with van der Waals surface area (Å²) in [6.07, 6.45) is 1.21. The van der Waals surface area contributed by atoms with Crippen LogP contribution in [0.3, 0.4) is 0 Å². The maximum absolute atomic E-state index is 13.7. The summed E-state index contributed by atoms with van der Waals surface area (Å²) in [5.41, 5.74) is 4.81. The number of aliphatic hydroxyl groups excluding tert-OH is 1. The zero-order valence-corrected chi connectivity index (χ0v) is 28.7. The average Bonchev–Trinajstić information content (AvgIpc) is 3.54. The number of hydrogen-bond acceptors (Lipinski definition) is 6. The highest BCUT2D eigenvalue weighted by atomic mass is 35.5. The number of aryl methyl sites for hydroxylation is 3. The van der Waals surface area contributed by atoms with Crippen molar-refractivity contribution >= 4 is 39.2 Å². The molecule has 1 atom stereocenters. The predicted octanol–water partition coefficient (Wildman–Crippen LogP) is 7.16. The number of benzene rings is 3. The van der Waals surface area contributed by atoms with Crippen LogP contribution in [0.5, 0.6) is 5.75 Å². The van der Waals surface area contributed by atoms with Crippen LogP contribution in [-0.2, 0) is 37.8 Å². The molecule has 2 aromatic heterocycles. The molecular weight excluding hydrogens is 635 g/mol. The molecule has 3 aromatic carbocycles. The molecule has 5 aromatic rings. The topological polar surface area (TPSA) is 111 Å². The number of hydrogen-bond donors (Lipinski definition) is 3. The molecule has 3 heterocycles. The van der Waals surface area contributed by atoms with E-state index in [9.17, 15) is 19.4 Å². The average molecular weight is 679 g/mol. The third-order valence-electron chi connectivity index (χ3n) is 8.67. The van der Waals surface area contributed by atoms with Gasteiger partial charge >= 0.3 is 5.97 Å². The number of fused-ring (bicyclic) bond motifs is 3. The van der Waals surface area contributed by atoms with E-state index in [-0.39, 0.29) is 31.3 Å². The quantitative estimate of drug-likeness (QED) is 0.142. The highest BCUT2D eigenvalue weighted by molar-refractivity contribution is 6.35. The van der Waals surface area contributed by atoms with E-state index in [0.29, 0.717) is 54.3 Å². The minimum Gasteiger partial charge on any atom is -0.493 e. The van der Waals surface area contributed by atoms with Gasteiger partial charge in [0.2, 0.25) is 0 Å². The number of aliphatic hydroxyl groups is 1. The van der Waals surface area contributed by atoms with E-state index in [1.165, 1.54) is 12.1 Å². The zero-order valence-electron chi connectivity index (χ0n) is 28.0. The van der Waals surface area contributed by atoms with Gasteiger partial charge in [-0.3, -0.25) is 4.68 Å². The highest BCUT2D eigenvalue weighted by Gasteiger charge is 2.29. The van der Waals surface area contributed by atoms with Crippen molar-refractivity contribution in [2.24, 2.45) is 7.05 Å². The molecule has 1 unspecified atom stereocenters. The Morgan fingerprint density at radius 2 is 1.90 bits per heavy atom. The van der Waals surface area contributed by atoms with Crippen LogP contribution in [0.15, 0.2) is 48.5 Å². The van der Waals surface area contributed by atoms with Crippen LogP contribution in [0.2, 0.25) is 5.02 Å². The van der Waals surface area contributed by atoms with Crippen LogP contribution in [0.4, 0.5) is 4.39 Å². The maximum Gasteiger partial charge on any atom is 0.352 e. The monoisotopic (exact) mass is 678 g/mol. The molecule has 9 nitrogen and oxygen atoms in total. The second-order valence-corrected chi connectivity index (χ2v) is 12.2. The summed E-state index contributed by atoms with van der Waals surface area (Å²) in [5.74, 6) is -0.709. The predicted molar refractivity (Wildman–Crippen MR) is 188 cm³/mol. The standard InChI is InChI=1S/C33H33ClFN3O5.C4H11N/c1-3-27-30-26(36-37(27)2)18-42-17-21(39)13-14-38-31-24(11-12-25(34)29(30)31)23(32(38)33(40)41)7-5-15-43-28-8-4-6-19-16-20(35)9-10-22(19)28;1-3-5-4-2/h4,6,8-12,16,21,39H,3,5,7,13-15,17-18H2,1-2H3,(H,40,41);5H,3-4H2,1-2H3. The SMILES string of the molecule is CCNCC.CCc1c2c(nn1C)COCC(O)CCn1c(C(=O)O)c(CCCOc3cccc4cc(F)ccc34)c3ccc(Cl)c-2c31. The van der Waals surface area contributed by atoms with Gasteiger partial charge in [-0.25, -0.2) is 9.18 Å². The summed E-state index contributed by atoms with van der Waals surface area (Å²) >= 11 is 6.93. The van der Waals surface area contributed by atoms with Crippen molar-refractivity contribution in [2.45, 2.75) is 65.7 Å². The zero-order chi connectivity index (χ0) is 34.4. The van der Waals surface area contributed by atoms with Gasteiger partial charge in [0, 0.05) is 41.2 Å². The highest BCUT2D eigenvalue weighted by Crippen LogP contribution is 2.43. The van der Waals surface area contributed by atoms with E-state index in [1.807, 2.05) is 49.0 Å². The van der Waals surface area contributed by atoms with Crippen LogP contribution in [-0.4, -0.2) is 62.9 Å². The van der Waals surface area contributed by atoms with Crippen molar-refractivity contribution in [3.05, 3.63) is 82.0 Å². The number of carboxylic acid groups (broad SMARTS) is 1. The minimum absolute atomic E-state index is 0.110. The Bertz CT molecular complexity index is 1900. The van der Waals surface area contributed by atoms with Crippen molar-refractivity contribution in [3.8, 4) is 16.9 Å². The van der Waals surface area contributed by atoms with Crippen molar-refractivity contribution in [3.63, 3.8) is 0 Å². The lowest BCUT2D eigenvalue weighted by Crippen LogP contribution is -2.19. The van der Waals surface area contributed by atoms with E-state index in [4.69, 9.17) is 26.2 Å². The number of nitrogens with one attached hydrogen (secondary N) is 1. The number of nitrogens with zero attached hydrogens (tertiary/aromatic N) is 3. The molecule has 0 radical (unpaired) electrons. The Morgan fingerprint density at radius 3 is 2.60 bits per heavy atom. The molecule has 0 saturated heterocycles. The molecule has 3 N–H and O–H groups in total. The van der Waals surface area contributed by atoms with Crippen molar-refractivity contribution in [2.75, 3.05) is 26.3 Å². The molecule has 0 bridgehead atoms. The van der Waals surface area contributed by atoms with Crippen LogP contribution in [0.25, 0.3) is 32.8 Å². The molecule has 0 fully saturated rings. The summed E-state index contributed by atoms with van der Waals surface area (Å²) < 4.78 is 29.3. The Hall–Kier alpha value is -3.96. The third-order valence-corrected chi connectivity index (χ3v) is 8.98. The summed E-state index contributed by atoms with van der Waals surface area (Å²) in [4.78, 5) is 12.9. The van der Waals surface area contributed by atoms with Crippen LogP contribution in [0, 0.1) is 5.82 Å². The molecule has 1 aliphatic rings. The van der Waals surface area contributed by atoms with E-state index in [0.717, 1.165) is 51.6 Å². The summed E-state index contributed by atoms with van der Waals surface area (Å²) in [6.45, 7) is 9.35. The Morgan fingerprint density at radius 1 is 1.12 bits per heavy atom. The second kappa shape index (κ2) is 16.0. The smallest absolute Gasteiger partial charge is 0.352 e. The van der Waals surface area contributed by atoms with Gasteiger partial charge in [-0.15, -0.1) is 0 Å². The van der Waals surface area contributed by atoms with Gasteiger partial charge in [0.05, 0.1) is 42.2 Å². The molecule has 256 valence electrons. The van der Waals surface area contributed by atoms with Crippen LogP contribution >= 0.6 is 11.6 Å². The van der Waals surface area contributed by atoms with Crippen LogP contribution in [0.1, 0.15) is 61.1 Å². The number of aromatic carboxylic acids is 1. The van der Waals surface area contributed by atoms with Gasteiger partial charge < -0.3 is 29.6 Å². The van der Waals surface area contributed by atoms with Crippen molar-refractivity contribution in [1.82, 2.24) is 19.7 Å². The summed E-state index contributed by atoms with van der Waals surface area (Å²) in [7, 11) is 1.88. The number of rotatable bonds is 9. The first-order chi connectivity index (χ1) is 23.2. The Balaban J connectivity index is 0.000000840. The van der Waals surface area contributed by atoms with E-state index < -0.39 is 12.1 Å². The fourth-order valence-corrected chi connectivity index (χ4v) is 6.80. The molecule has 0 saturated carbocycles. The molecule has 48 heavy (non-hydrogen) atoms. The lowest BCUT2D eigenvalue weighted by atomic mass is 9.97. The van der Waals surface area contributed by atoms with Gasteiger partial charge in [-0.2, -0.15) is 5.10 Å². The van der Waals surface area contributed by atoms with Crippen molar-refractivity contribution in [1.29, 1.82) is 0 Å². The number of carboxylic acids is 1. The van der Waals surface area contributed by atoms with Crippen LogP contribution < -0.4 is 10.1 Å². The fourth-order valence-electron chi connectivity index (χ4n) is 6.55. The Kier molecular flexibility index (Phi) is 11.8. The van der Waals surface area contributed by atoms with E-state index in [1.54, 1.807) is 10.6 Å². The number of aromatic nitrogens is 3. The second-order valence-electron chi connectivity index (χ2n) is 11.8. The lowest BCUT2D eigenvalue weighted by molar-refractivity contribution is 0.0215. The molecule has 1 aliphatic heterocycles. The largest absolute Gasteiger partial charge is 0.493 e. The fraction of sp³-hybridized carbons (Fsp3) is 0.405. The summed E-state index contributed by atoms with van der Waals surface area (Å²) in [6, 6.07) is 13.8. The van der Waals surface area contributed by atoms with Gasteiger partial charge in [0.15, 0.2) is 0 Å². The first kappa shape index (κ1) is 35.3. The lowest BCUT2D eigenvalue weighted by Gasteiger charge is -2.15. The molecule has 0 spiro atoms. The molecule has 11 heteroatoms. The van der Waals surface area contributed by atoms with E-state index >= 15 is 0 Å². The van der Waals surface area contributed by atoms with Gasteiger partial charge in [-0.1, -0.05) is 50.6 Å². The van der Waals surface area contributed by atoms with Gasteiger partial charge in [0.1, 0.15) is 17.3 Å². The van der Waals surface area contributed by atoms with Crippen molar-refractivity contribution < 1.29 is 28.9 Å². The molecule has 6 rings (SSSR count). The summed E-state index contributed by atoms with van der Waals surface area (Å²) in [5, 5.41) is 31.9. The molecule has 0 amide bonds.